The number of amides is 2. The molecule has 38 heavy (non-hydrogen) atoms. The van der Waals surface area contributed by atoms with Crippen LogP contribution in [0.15, 0.2) is 47.5 Å². The van der Waals surface area contributed by atoms with E-state index in [0.29, 0.717) is 5.71 Å². The van der Waals surface area contributed by atoms with E-state index in [-0.39, 0.29) is 29.9 Å². The fraction of sp³-hybridized carbons (Fsp3) is 0.516. The standard InChI is InChI=1S/C31H43N3O3Si/c1-8-9-13-25-20-23-21-26(37-4)15-16-27(23)30(34(25)29(35)18-19-38(5,6)7)22(2)14-17-28(32-3)31(36)33-24-11-10-12-24/h14-17,21,24-25,30H,2,8-13,20H2,1,3-7H3,(H,33,36)/b17-14-,32-28+/t25-,30-/m0/s1. The van der Waals surface area contributed by atoms with Gasteiger partial charge in [-0.15, -0.1) is 5.54 Å². The van der Waals surface area contributed by atoms with Crippen LogP contribution in [-0.2, 0) is 16.0 Å². The van der Waals surface area contributed by atoms with E-state index in [1.165, 1.54) is 0 Å². The molecule has 0 unspecified atom stereocenters. The van der Waals surface area contributed by atoms with Crippen LogP contribution in [0, 0.1) is 11.5 Å². The van der Waals surface area contributed by atoms with Crippen molar-refractivity contribution < 1.29 is 14.3 Å². The molecular weight excluding hydrogens is 490 g/mol. The van der Waals surface area contributed by atoms with E-state index in [1.807, 2.05) is 23.1 Å². The third-order valence-electron chi connectivity index (χ3n) is 7.16. The number of nitrogens with one attached hydrogen (secondary N) is 1. The highest BCUT2D eigenvalue weighted by Crippen LogP contribution is 2.40. The SMILES string of the molecule is C=C(/C=C\C(=N/C)C(=O)NC1CCC1)[C@H]1c2ccc(OC)cc2C[C@H](CCCC)N1C(=O)C#C[Si](C)(C)C. The first kappa shape index (κ1) is 29.4. The van der Waals surface area contributed by atoms with Crippen molar-refractivity contribution in [3.8, 4) is 17.2 Å². The zero-order valence-electron chi connectivity index (χ0n) is 23.9. The second kappa shape index (κ2) is 13.1. The molecule has 7 heteroatoms. The molecule has 204 valence electrons. The molecule has 0 spiro atoms. The van der Waals surface area contributed by atoms with Crippen molar-refractivity contribution in [2.45, 2.75) is 89.6 Å². The predicted molar refractivity (Wildman–Crippen MR) is 158 cm³/mol. The van der Waals surface area contributed by atoms with Crippen LogP contribution >= 0.6 is 0 Å². The van der Waals surface area contributed by atoms with Crippen LogP contribution in [0.3, 0.4) is 0 Å². The molecule has 1 aromatic rings. The number of unbranched alkanes of at least 4 members (excludes halogenated alkanes) is 1. The van der Waals surface area contributed by atoms with Gasteiger partial charge in [0.15, 0.2) is 0 Å². The van der Waals surface area contributed by atoms with Gasteiger partial charge in [-0.05, 0) is 72.9 Å². The zero-order chi connectivity index (χ0) is 27.9. The molecule has 1 saturated carbocycles. The second-order valence-corrected chi connectivity index (χ2v) is 16.0. The number of carbonyl (C=O) groups excluding carboxylic acids is 2. The quantitative estimate of drug-likeness (QED) is 0.200. The van der Waals surface area contributed by atoms with Gasteiger partial charge in [0, 0.05) is 19.1 Å². The molecule has 1 aliphatic heterocycles. The van der Waals surface area contributed by atoms with E-state index < -0.39 is 8.07 Å². The first-order valence-corrected chi connectivity index (χ1v) is 17.2. The summed E-state index contributed by atoms with van der Waals surface area (Å²) >= 11 is 0. The van der Waals surface area contributed by atoms with Gasteiger partial charge in [0.05, 0.1) is 13.2 Å². The second-order valence-electron chi connectivity index (χ2n) is 11.3. The third-order valence-corrected chi connectivity index (χ3v) is 8.04. The summed E-state index contributed by atoms with van der Waals surface area (Å²) in [6.45, 7) is 13.0. The lowest BCUT2D eigenvalue weighted by molar-refractivity contribution is -0.130. The summed E-state index contributed by atoms with van der Waals surface area (Å²) in [7, 11) is 1.54. The minimum atomic E-state index is -1.75. The number of nitrogens with zero attached hydrogens (tertiary/aromatic N) is 2. The lowest BCUT2D eigenvalue weighted by Gasteiger charge is -2.43. The molecule has 2 atom stereocenters. The highest BCUT2D eigenvalue weighted by Gasteiger charge is 2.38. The van der Waals surface area contributed by atoms with Crippen LogP contribution < -0.4 is 10.1 Å². The maximum absolute atomic E-state index is 13.7. The van der Waals surface area contributed by atoms with E-state index in [1.54, 1.807) is 20.2 Å². The number of methoxy groups -OCH3 is 1. The first-order chi connectivity index (χ1) is 18.1. The monoisotopic (exact) mass is 533 g/mol. The normalized spacial score (nSPS) is 19.7. The number of hydrogen-bond donors (Lipinski definition) is 1. The zero-order valence-corrected chi connectivity index (χ0v) is 24.9. The summed E-state index contributed by atoms with van der Waals surface area (Å²) in [5, 5.41) is 3.04. The Labute approximate surface area is 229 Å². The predicted octanol–water partition coefficient (Wildman–Crippen LogP) is 5.41. The third kappa shape index (κ3) is 7.47. The van der Waals surface area contributed by atoms with E-state index in [0.717, 1.165) is 67.4 Å². The van der Waals surface area contributed by atoms with Gasteiger partial charge in [0.1, 0.15) is 19.5 Å². The molecule has 0 bridgehead atoms. The van der Waals surface area contributed by atoms with Crippen molar-refractivity contribution in [2.24, 2.45) is 4.99 Å². The fourth-order valence-corrected chi connectivity index (χ4v) is 5.34. The molecular formula is C31H43N3O3Si. The number of ether oxygens (including phenoxy) is 1. The van der Waals surface area contributed by atoms with Crippen LogP contribution in [-0.4, -0.2) is 56.7 Å². The van der Waals surface area contributed by atoms with Gasteiger partial charge in [-0.25, -0.2) is 0 Å². The van der Waals surface area contributed by atoms with Gasteiger partial charge in [-0.3, -0.25) is 14.6 Å². The van der Waals surface area contributed by atoms with Crippen LogP contribution in [0.25, 0.3) is 0 Å². The Morgan fingerprint density at radius 2 is 2.00 bits per heavy atom. The molecule has 1 N–H and O–H groups in total. The summed E-state index contributed by atoms with van der Waals surface area (Å²) in [4.78, 5) is 32.6. The lowest BCUT2D eigenvalue weighted by atomic mass is 9.83. The van der Waals surface area contributed by atoms with Crippen LogP contribution in [0.4, 0.5) is 0 Å². The maximum Gasteiger partial charge on any atom is 0.298 e. The molecule has 1 heterocycles. The minimum Gasteiger partial charge on any atom is -0.497 e. The van der Waals surface area contributed by atoms with Crippen molar-refractivity contribution in [1.82, 2.24) is 10.2 Å². The molecule has 6 nitrogen and oxygen atoms in total. The van der Waals surface area contributed by atoms with E-state index >= 15 is 0 Å². The summed E-state index contributed by atoms with van der Waals surface area (Å²) < 4.78 is 5.51. The van der Waals surface area contributed by atoms with Gasteiger partial charge >= 0.3 is 0 Å². The summed E-state index contributed by atoms with van der Waals surface area (Å²) in [5.74, 6) is 3.44. The van der Waals surface area contributed by atoms with Crippen molar-refractivity contribution in [2.75, 3.05) is 14.2 Å². The maximum atomic E-state index is 13.7. The summed E-state index contributed by atoms with van der Waals surface area (Å²) in [5.41, 5.74) is 6.50. The van der Waals surface area contributed by atoms with Gasteiger partial charge in [-0.1, -0.05) is 58.1 Å². The van der Waals surface area contributed by atoms with E-state index in [4.69, 9.17) is 4.74 Å². The van der Waals surface area contributed by atoms with Crippen molar-refractivity contribution in [3.63, 3.8) is 0 Å². The molecule has 2 amide bonds. The number of carbonyl (C=O) groups is 2. The number of fused-ring (bicyclic) bond motifs is 1. The van der Waals surface area contributed by atoms with Crippen LogP contribution in [0.2, 0.25) is 19.6 Å². The van der Waals surface area contributed by atoms with Gasteiger partial charge in [-0.2, -0.15) is 0 Å². The molecule has 0 saturated heterocycles. The first-order valence-electron chi connectivity index (χ1n) is 13.7. The molecule has 1 fully saturated rings. The fourth-order valence-electron chi connectivity index (χ4n) is 4.85. The van der Waals surface area contributed by atoms with Crippen LogP contribution in [0.5, 0.6) is 5.75 Å². The molecule has 1 aliphatic carbocycles. The number of hydrogen-bond acceptors (Lipinski definition) is 4. The topological polar surface area (TPSA) is 71.0 Å². The number of benzene rings is 1. The Hall–Kier alpha value is -3.11. The van der Waals surface area contributed by atoms with Gasteiger partial charge < -0.3 is 15.0 Å². The van der Waals surface area contributed by atoms with E-state index in [9.17, 15) is 9.59 Å². The Kier molecular flexibility index (Phi) is 10.2. The largest absolute Gasteiger partial charge is 0.497 e. The molecule has 3 rings (SSSR count). The molecule has 0 radical (unpaired) electrons. The van der Waals surface area contributed by atoms with E-state index in [2.05, 4.69) is 61.0 Å². The number of aliphatic imine (C=N–C) groups is 1. The summed E-state index contributed by atoms with van der Waals surface area (Å²) in [6.07, 6.45) is 10.4. The smallest absolute Gasteiger partial charge is 0.298 e. The Bertz CT molecular complexity index is 1170. The molecule has 2 aliphatic rings. The Morgan fingerprint density at radius 1 is 1.26 bits per heavy atom. The average Bonchev–Trinajstić information content (AvgIpc) is 2.86. The highest BCUT2D eigenvalue weighted by atomic mass is 28.3. The molecule has 1 aromatic carbocycles. The highest BCUT2D eigenvalue weighted by molar-refractivity contribution is 6.84. The van der Waals surface area contributed by atoms with Crippen LogP contribution in [0.1, 0.15) is 62.6 Å². The van der Waals surface area contributed by atoms with Crippen molar-refractivity contribution >= 4 is 25.6 Å². The van der Waals surface area contributed by atoms with Crippen molar-refractivity contribution in [3.05, 3.63) is 53.6 Å². The lowest BCUT2D eigenvalue weighted by Crippen LogP contribution is -2.47. The van der Waals surface area contributed by atoms with Gasteiger partial charge in [0.2, 0.25) is 0 Å². The Balaban J connectivity index is 2.01. The molecule has 0 aromatic heterocycles. The van der Waals surface area contributed by atoms with Gasteiger partial charge in [0.25, 0.3) is 11.8 Å². The average molecular weight is 534 g/mol. The van der Waals surface area contributed by atoms with Crippen molar-refractivity contribution in [1.29, 1.82) is 0 Å². The number of rotatable bonds is 9. The summed E-state index contributed by atoms with van der Waals surface area (Å²) in [6, 6.07) is 5.86. The minimum absolute atomic E-state index is 0.00521. The Morgan fingerprint density at radius 3 is 2.58 bits per heavy atom.